The molecule has 0 spiro atoms. The quantitative estimate of drug-likeness (QED) is 0.549. The second kappa shape index (κ2) is 1.97. The third-order valence-corrected chi connectivity index (χ3v) is 1.45. The summed E-state index contributed by atoms with van der Waals surface area (Å²) in [5, 5.41) is 8.48. The first kappa shape index (κ1) is 6.51. The van der Waals surface area contributed by atoms with Crippen LogP contribution in [-0.2, 0) is 14.3 Å². The Balaban J connectivity index is 2.57. The highest BCUT2D eigenvalue weighted by Crippen LogP contribution is 2.20. The zero-order valence-electron chi connectivity index (χ0n) is 5.09. The van der Waals surface area contributed by atoms with Gasteiger partial charge in [-0.3, -0.25) is 0 Å². The summed E-state index contributed by atoms with van der Waals surface area (Å²) < 4.78 is 9.40. The van der Waals surface area contributed by atoms with Gasteiger partial charge in [0.15, 0.2) is 0 Å². The smallest absolute Gasteiger partial charge is 0.340 e. The average Bonchev–Trinajstić information content (AvgIpc) is 1.62. The first-order valence-electron chi connectivity index (χ1n) is 2.57. The summed E-state index contributed by atoms with van der Waals surface area (Å²) in [6.45, 7) is 0.331. The van der Waals surface area contributed by atoms with Crippen LogP contribution in [0.15, 0.2) is 0 Å². The van der Waals surface area contributed by atoms with Gasteiger partial charge in [-0.2, -0.15) is 0 Å². The van der Waals surface area contributed by atoms with Crippen molar-refractivity contribution in [2.45, 2.75) is 5.60 Å². The van der Waals surface area contributed by atoms with E-state index in [0.717, 1.165) is 0 Å². The van der Waals surface area contributed by atoms with Gasteiger partial charge >= 0.3 is 5.97 Å². The summed E-state index contributed by atoms with van der Waals surface area (Å²) in [5.41, 5.74) is -1.04. The standard InChI is InChI=1S/C5H8O4/c1-8-5(4(6)7)2-9-3-5/h2-3H2,1H3,(H,6,7). The minimum atomic E-state index is -1.04. The van der Waals surface area contributed by atoms with Crippen LogP contribution in [0.25, 0.3) is 0 Å². The number of aliphatic carboxylic acids is 1. The molecule has 0 unspecified atom stereocenters. The van der Waals surface area contributed by atoms with Gasteiger partial charge in [0, 0.05) is 7.11 Å². The summed E-state index contributed by atoms with van der Waals surface area (Å²) in [4.78, 5) is 10.3. The molecule has 9 heavy (non-hydrogen) atoms. The van der Waals surface area contributed by atoms with E-state index in [4.69, 9.17) is 9.84 Å². The van der Waals surface area contributed by atoms with Crippen molar-refractivity contribution in [3.8, 4) is 0 Å². The highest BCUT2D eigenvalue weighted by atomic mass is 16.6. The molecule has 1 aliphatic heterocycles. The van der Waals surface area contributed by atoms with E-state index in [2.05, 4.69) is 4.74 Å². The van der Waals surface area contributed by atoms with Gasteiger partial charge < -0.3 is 14.6 Å². The summed E-state index contributed by atoms with van der Waals surface area (Å²) in [6.07, 6.45) is 0. The lowest BCUT2D eigenvalue weighted by Crippen LogP contribution is -2.57. The Labute approximate surface area is 52.4 Å². The highest BCUT2D eigenvalue weighted by molar-refractivity contribution is 5.78. The first-order chi connectivity index (χ1) is 4.21. The Kier molecular flexibility index (Phi) is 1.42. The molecule has 1 N–H and O–H groups in total. The summed E-state index contributed by atoms with van der Waals surface area (Å²) in [7, 11) is 1.37. The Morgan fingerprint density at radius 3 is 2.33 bits per heavy atom. The van der Waals surface area contributed by atoms with Crippen molar-refractivity contribution in [1.82, 2.24) is 0 Å². The maximum Gasteiger partial charge on any atom is 0.340 e. The van der Waals surface area contributed by atoms with Crippen molar-refractivity contribution in [2.75, 3.05) is 20.3 Å². The molecular formula is C5H8O4. The average molecular weight is 132 g/mol. The van der Waals surface area contributed by atoms with Gasteiger partial charge in [0.25, 0.3) is 0 Å². The van der Waals surface area contributed by atoms with Crippen molar-refractivity contribution in [1.29, 1.82) is 0 Å². The molecular weight excluding hydrogens is 124 g/mol. The van der Waals surface area contributed by atoms with Crippen LogP contribution in [0.4, 0.5) is 0 Å². The first-order valence-corrected chi connectivity index (χ1v) is 2.57. The molecule has 0 aromatic rings. The number of carboxylic acid groups (broad SMARTS) is 1. The van der Waals surface area contributed by atoms with E-state index in [9.17, 15) is 4.79 Å². The number of hydrogen-bond donors (Lipinski definition) is 1. The van der Waals surface area contributed by atoms with E-state index in [-0.39, 0.29) is 13.2 Å². The fraction of sp³-hybridized carbons (Fsp3) is 0.800. The molecule has 1 aliphatic rings. The molecule has 0 saturated carbocycles. The number of hydrogen-bond acceptors (Lipinski definition) is 3. The SMILES string of the molecule is COC1(C(=O)O)COC1. The van der Waals surface area contributed by atoms with E-state index >= 15 is 0 Å². The zero-order valence-corrected chi connectivity index (χ0v) is 5.09. The molecule has 0 aliphatic carbocycles. The normalized spacial score (nSPS) is 22.8. The monoisotopic (exact) mass is 132 g/mol. The third kappa shape index (κ3) is 0.799. The Hall–Kier alpha value is -0.610. The lowest BCUT2D eigenvalue weighted by Gasteiger charge is -2.35. The van der Waals surface area contributed by atoms with E-state index in [1.807, 2.05) is 0 Å². The zero-order chi connectivity index (χ0) is 6.91. The van der Waals surface area contributed by atoms with Crippen LogP contribution < -0.4 is 0 Å². The Morgan fingerprint density at radius 2 is 2.33 bits per heavy atom. The number of rotatable bonds is 2. The van der Waals surface area contributed by atoms with Gasteiger partial charge in [-0.25, -0.2) is 4.79 Å². The van der Waals surface area contributed by atoms with Gasteiger partial charge in [-0.15, -0.1) is 0 Å². The van der Waals surface area contributed by atoms with Crippen LogP contribution >= 0.6 is 0 Å². The molecule has 0 aromatic heterocycles. The van der Waals surface area contributed by atoms with Crippen molar-refractivity contribution >= 4 is 5.97 Å². The summed E-state index contributed by atoms with van der Waals surface area (Å²) in [5.74, 6) is -0.948. The van der Waals surface area contributed by atoms with Gasteiger partial charge in [0.1, 0.15) is 0 Å². The molecule has 4 heteroatoms. The number of methoxy groups -OCH3 is 1. The fourth-order valence-electron chi connectivity index (χ4n) is 0.616. The lowest BCUT2D eigenvalue weighted by atomic mass is 10.0. The second-order valence-electron chi connectivity index (χ2n) is 2.00. The van der Waals surface area contributed by atoms with Crippen molar-refractivity contribution < 1.29 is 19.4 Å². The van der Waals surface area contributed by atoms with Crippen LogP contribution in [0.3, 0.4) is 0 Å². The molecule has 0 aromatic carbocycles. The van der Waals surface area contributed by atoms with Crippen LogP contribution in [-0.4, -0.2) is 37.0 Å². The molecule has 52 valence electrons. The molecule has 0 amide bonds. The minimum absolute atomic E-state index is 0.166. The lowest BCUT2D eigenvalue weighted by molar-refractivity contribution is -0.215. The molecule has 0 bridgehead atoms. The van der Waals surface area contributed by atoms with Crippen molar-refractivity contribution in [3.63, 3.8) is 0 Å². The van der Waals surface area contributed by atoms with Crippen molar-refractivity contribution in [3.05, 3.63) is 0 Å². The Bertz CT molecular complexity index is 121. The topological polar surface area (TPSA) is 55.8 Å². The van der Waals surface area contributed by atoms with Gasteiger partial charge in [0.2, 0.25) is 5.60 Å². The predicted octanol–water partition coefficient (Wildman–Crippen LogP) is -0.514. The molecule has 1 rings (SSSR count). The number of carbonyl (C=O) groups is 1. The largest absolute Gasteiger partial charge is 0.479 e. The van der Waals surface area contributed by atoms with E-state index in [1.165, 1.54) is 7.11 Å². The van der Waals surface area contributed by atoms with Crippen LogP contribution in [0.5, 0.6) is 0 Å². The maximum absolute atomic E-state index is 10.3. The third-order valence-electron chi connectivity index (χ3n) is 1.45. The van der Waals surface area contributed by atoms with Crippen LogP contribution in [0, 0.1) is 0 Å². The van der Waals surface area contributed by atoms with Gasteiger partial charge in [-0.05, 0) is 0 Å². The molecule has 1 heterocycles. The van der Waals surface area contributed by atoms with Crippen molar-refractivity contribution in [2.24, 2.45) is 0 Å². The molecule has 1 saturated heterocycles. The van der Waals surface area contributed by atoms with Gasteiger partial charge in [0.05, 0.1) is 13.2 Å². The fourth-order valence-corrected chi connectivity index (χ4v) is 0.616. The highest BCUT2D eigenvalue weighted by Gasteiger charge is 2.46. The summed E-state index contributed by atoms with van der Waals surface area (Å²) >= 11 is 0. The van der Waals surface area contributed by atoms with E-state index in [0.29, 0.717) is 0 Å². The number of carboxylic acids is 1. The maximum atomic E-state index is 10.3. The number of ether oxygens (including phenoxy) is 2. The molecule has 4 nitrogen and oxygen atoms in total. The van der Waals surface area contributed by atoms with Crippen LogP contribution in [0.1, 0.15) is 0 Å². The summed E-state index contributed by atoms with van der Waals surface area (Å²) in [6, 6.07) is 0. The Morgan fingerprint density at radius 1 is 1.78 bits per heavy atom. The molecule has 1 fully saturated rings. The second-order valence-corrected chi connectivity index (χ2v) is 2.00. The van der Waals surface area contributed by atoms with Crippen LogP contribution in [0.2, 0.25) is 0 Å². The van der Waals surface area contributed by atoms with Gasteiger partial charge in [-0.1, -0.05) is 0 Å². The molecule has 0 radical (unpaired) electrons. The molecule has 0 atom stereocenters. The van der Waals surface area contributed by atoms with E-state index < -0.39 is 11.6 Å². The minimum Gasteiger partial charge on any atom is -0.479 e. The van der Waals surface area contributed by atoms with E-state index in [1.54, 1.807) is 0 Å². The predicted molar refractivity (Wildman–Crippen MR) is 28.2 cm³/mol.